The molecular weight excluding hydrogens is 164 g/mol. The third kappa shape index (κ3) is 3.47. The number of carbonyl (C=O) groups is 1. The van der Waals surface area contributed by atoms with Gasteiger partial charge in [-0.15, -0.1) is 6.42 Å². The highest BCUT2D eigenvalue weighted by Crippen LogP contribution is 2.14. The molecule has 1 unspecified atom stereocenters. The van der Waals surface area contributed by atoms with Crippen LogP contribution >= 0.6 is 0 Å². The third-order valence-corrected chi connectivity index (χ3v) is 2.39. The van der Waals surface area contributed by atoms with Crippen molar-refractivity contribution in [2.24, 2.45) is 11.7 Å². The van der Waals surface area contributed by atoms with Crippen molar-refractivity contribution in [1.29, 1.82) is 0 Å². The highest BCUT2D eigenvalue weighted by molar-refractivity contribution is 5.79. The quantitative estimate of drug-likeness (QED) is 0.622. The monoisotopic (exact) mass is 182 g/mol. The standard InChI is InChI=1S/C10H18N2O/c1-5-6-9(13)12-10(4,7-11)8(2)3/h1,8H,6-7,11H2,2-4H3,(H,12,13). The molecule has 0 aliphatic carbocycles. The fraction of sp³-hybridized carbons (Fsp3) is 0.700. The molecular formula is C10H18N2O. The summed E-state index contributed by atoms with van der Waals surface area (Å²) in [4.78, 5) is 11.2. The zero-order chi connectivity index (χ0) is 10.5. The van der Waals surface area contributed by atoms with Gasteiger partial charge in [-0.25, -0.2) is 0 Å². The van der Waals surface area contributed by atoms with Crippen molar-refractivity contribution in [3.63, 3.8) is 0 Å². The molecule has 0 aromatic rings. The maximum Gasteiger partial charge on any atom is 0.232 e. The van der Waals surface area contributed by atoms with E-state index in [1.165, 1.54) is 0 Å². The average Bonchev–Trinajstić information content (AvgIpc) is 2.04. The van der Waals surface area contributed by atoms with Crippen LogP contribution in [0.5, 0.6) is 0 Å². The summed E-state index contributed by atoms with van der Waals surface area (Å²) in [5.74, 6) is 2.46. The van der Waals surface area contributed by atoms with Gasteiger partial charge in [0.15, 0.2) is 0 Å². The number of nitrogens with one attached hydrogen (secondary N) is 1. The van der Waals surface area contributed by atoms with E-state index in [-0.39, 0.29) is 17.9 Å². The van der Waals surface area contributed by atoms with Gasteiger partial charge in [-0.2, -0.15) is 0 Å². The van der Waals surface area contributed by atoms with E-state index in [0.717, 1.165) is 0 Å². The summed E-state index contributed by atoms with van der Waals surface area (Å²) in [6, 6.07) is 0. The lowest BCUT2D eigenvalue weighted by Gasteiger charge is -2.33. The first kappa shape index (κ1) is 12.0. The van der Waals surface area contributed by atoms with E-state index in [2.05, 4.69) is 11.2 Å². The minimum Gasteiger partial charge on any atom is -0.349 e. The number of amides is 1. The van der Waals surface area contributed by atoms with E-state index >= 15 is 0 Å². The highest BCUT2D eigenvalue weighted by atomic mass is 16.1. The fourth-order valence-corrected chi connectivity index (χ4v) is 0.886. The van der Waals surface area contributed by atoms with Crippen LogP contribution in [0.25, 0.3) is 0 Å². The first-order valence-corrected chi connectivity index (χ1v) is 4.41. The zero-order valence-corrected chi connectivity index (χ0v) is 8.55. The molecule has 74 valence electrons. The van der Waals surface area contributed by atoms with Gasteiger partial charge >= 0.3 is 0 Å². The van der Waals surface area contributed by atoms with Gasteiger partial charge in [0.2, 0.25) is 5.91 Å². The van der Waals surface area contributed by atoms with Crippen molar-refractivity contribution in [2.75, 3.05) is 6.54 Å². The van der Waals surface area contributed by atoms with Crippen LogP contribution in [0.2, 0.25) is 0 Å². The van der Waals surface area contributed by atoms with Gasteiger partial charge in [0, 0.05) is 6.54 Å². The fourth-order valence-electron chi connectivity index (χ4n) is 0.886. The van der Waals surface area contributed by atoms with Crippen LogP contribution in [-0.2, 0) is 4.79 Å². The van der Waals surface area contributed by atoms with Crippen molar-refractivity contribution >= 4 is 5.91 Å². The van der Waals surface area contributed by atoms with E-state index in [1.54, 1.807) is 0 Å². The zero-order valence-electron chi connectivity index (χ0n) is 8.55. The van der Waals surface area contributed by atoms with E-state index < -0.39 is 0 Å². The molecule has 0 radical (unpaired) electrons. The van der Waals surface area contributed by atoms with Crippen molar-refractivity contribution in [2.45, 2.75) is 32.7 Å². The second kappa shape index (κ2) is 4.88. The Kier molecular flexibility index (Phi) is 4.50. The maximum atomic E-state index is 11.2. The second-order valence-electron chi connectivity index (χ2n) is 3.71. The Labute approximate surface area is 80.1 Å². The molecule has 0 aliphatic heterocycles. The van der Waals surface area contributed by atoms with E-state index in [0.29, 0.717) is 12.5 Å². The average molecular weight is 182 g/mol. The Bertz CT molecular complexity index is 217. The third-order valence-electron chi connectivity index (χ3n) is 2.39. The predicted molar refractivity (Wildman–Crippen MR) is 53.9 cm³/mol. The minimum atomic E-state index is -0.353. The maximum absolute atomic E-state index is 11.2. The molecule has 13 heavy (non-hydrogen) atoms. The van der Waals surface area contributed by atoms with Gasteiger partial charge in [-0.3, -0.25) is 4.79 Å². The largest absolute Gasteiger partial charge is 0.349 e. The smallest absolute Gasteiger partial charge is 0.232 e. The van der Waals surface area contributed by atoms with Gasteiger partial charge in [0.05, 0.1) is 12.0 Å². The van der Waals surface area contributed by atoms with Crippen molar-refractivity contribution < 1.29 is 4.79 Å². The summed E-state index contributed by atoms with van der Waals surface area (Å²) >= 11 is 0. The molecule has 0 spiro atoms. The van der Waals surface area contributed by atoms with Crippen LogP contribution in [0.3, 0.4) is 0 Å². The first-order chi connectivity index (χ1) is 5.96. The Hall–Kier alpha value is -1.01. The van der Waals surface area contributed by atoms with Crippen molar-refractivity contribution in [3.05, 3.63) is 0 Å². The van der Waals surface area contributed by atoms with Gasteiger partial charge in [-0.05, 0) is 12.8 Å². The summed E-state index contributed by atoms with van der Waals surface area (Å²) < 4.78 is 0. The predicted octanol–water partition coefficient (Wildman–Crippen LogP) is 0.499. The number of terminal acetylenes is 1. The van der Waals surface area contributed by atoms with Gasteiger partial charge in [0.1, 0.15) is 0 Å². The van der Waals surface area contributed by atoms with E-state index in [1.807, 2.05) is 20.8 Å². The normalized spacial score (nSPS) is 14.8. The number of hydrogen-bond donors (Lipinski definition) is 2. The molecule has 0 heterocycles. The lowest BCUT2D eigenvalue weighted by Crippen LogP contribution is -2.54. The van der Waals surface area contributed by atoms with Crippen LogP contribution in [0.4, 0.5) is 0 Å². The Morgan fingerprint density at radius 1 is 1.69 bits per heavy atom. The van der Waals surface area contributed by atoms with Crippen LogP contribution < -0.4 is 11.1 Å². The Balaban J connectivity index is 4.29. The van der Waals surface area contributed by atoms with Crippen LogP contribution in [-0.4, -0.2) is 18.0 Å². The van der Waals surface area contributed by atoms with E-state index in [4.69, 9.17) is 12.2 Å². The number of carbonyl (C=O) groups excluding carboxylic acids is 1. The molecule has 0 bridgehead atoms. The lowest BCUT2D eigenvalue weighted by molar-refractivity contribution is -0.122. The van der Waals surface area contributed by atoms with Crippen LogP contribution in [0, 0.1) is 18.3 Å². The lowest BCUT2D eigenvalue weighted by atomic mass is 9.88. The molecule has 0 fully saturated rings. The number of rotatable bonds is 4. The molecule has 3 N–H and O–H groups in total. The SMILES string of the molecule is C#CCC(=O)NC(C)(CN)C(C)C. The Morgan fingerprint density at radius 2 is 2.23 bits per heavy atom. The molecule has 0 rings (SSSR count). The summed E-state index contributed by atoms with van der Waals surface area (Å²) in [5, 5.41) is 2.84. The summed E-state index contributed by atoms with van der Waals surface area (Å²) in [7, 11) is 0. The van der Waals surface area contributed by atoms with Crippen molar-refractivity contribution in [3.8, 4) is 12.3 Å². The minimum absolute atomic E-state index is 0.113. The molecule has 0 aromatic carbocycles. The van der Waals surface area contributed by atoms with Crippen LogP contribution in [0.1, 0.15) is 27.2 Å². The molecule has 0 aliphatic rings. The molecule has 0 aromatic heterocycles. The van der Waals surface area contributed by atoms with E-state index in [9.17, 15) is 4.79 Å². The van der Waals surface area contributed by atoms with Crippen LogP contribution in [0.15, 0.2) is 0 Å². The molecule has 3 nitrogen and oxygen atoms in total. The Morgan fingerprint density at radius 3 is 2.54 bits per heavy atom. The first-order valence-electron chi connectivity index (χ1n) is 4.41. The summed E-state index contributed by atoms with van der Waals surface area (Å²) in [6.07, 6.45) is 5.14. The molecule has 0 saturated heterocycles. The summed E-state index contributed by atoms with van der Waals surface area (Å²) in [6.45, 7) is 6.37. The van der Waals surface area contributed by atoms with Gasteiger partial charge in [-0.1, -0.05) is 19.8 Å². The molecule has 3 heteroatoms. The van der Waals surface area contributed by atoms with Gasteiger partial charge < -0.3 is 11.1 Å². The molecule has 1 amide bonds. The number of hydrogen-bond acceptors (Lipinski definition) is 2. The summed E-state index contributed by atoms with van der Waals surface area (Å²) in [5.41, 5.74) is 5.23. The topological polar surface area (TPSA) is 55.1 Å². The molecule has 1 atom stereocenters. The van der Waals surface area contributed by atoms with Crippen molar-refractivity contribution in [1.82, 2.24) is 5.32 Å². The number of nitrogens with two attached hydrogens (primary N) is 1. The highest BCUT2D eigenvalue weighted by Gasteiger charge is 2.27. The van der Waals surface area contributed by atoms with Gasteiger partial charge in [0.25, 0.3) is 0 Å². The second-order valence-corrected chi connectivity index (χ2v) is 3.71. The molecule has 0 saturated carbocycles.